The fourth-order valence-corrected chi connectivity index (χ4v) is 4.15. The number of aliphatic hydroxyl groups excluding tert-OH is 2. The summed E-state index contributed by atoms with van der Waals surface area (Å²) in [4.78, 5) is 12.9. The topological polar surface area (TPSA) is 81.6 Å². The second-order valence-corrected chi connectivity index (χ2v) is 8.90. The van der Waals surface area contributed by atoms with E-state index in [2.05, 4.69) is 60.0 Å². The molecule has 36 heavy (non-hydrogen) atoms. The number of hydrogen-bond acceptors (Lipinski definition) is 4. The number of halogens is 1. The first-order valence-electron chi connectivity index (χ1n) is 12.0. The van der Waals surface area contributed by atoms with Crippen molar-refractivity contribution >= 4 is 46.3 Å². The van der Waals surface area contributed by atoms with E-state index in [1.165, 1.54) is 5.56 Å². The van der Waals surface area contributed by atoms with Crippen molar-refractivity contribution in [1.82, 2.24) is 5.32 Å². The predicted octanol–water partition coefficient (Wildman–Crippen LogP) is 5.91. The van der Waals surface area contributed by atoms with Gasteiger partial charge in [-0.1, -0.05) is 60.2 Å². The molecule has 0 aliphatic carbocycles. The van der Waals surface area contributed by atoms with Gasteiger partial charge in [0, 0.05) is 37.1 Å². The van der Waals surface area contributed by atoms with Gasteiger partial charge < -0.3 is 20.8 Å². The fraction of sp³-hybridized carbons (Fsp3) is 0.233. The minimum atomic E-state index is -0.149. The third-order valence-electron chi connectivity index (χ3n) is 6.25. The minimum Gasteiger partial charge on any atom is -0.396 e. The molecule has 4 rings (SSSR count). The average Bonchev–Trinajstić information content (AvgIpc) is 2.88. The molecule has 6 heteroatoms. The standard InChI is InChI=1S/C30H32N2O3.HI/c1-21-2-6-23(7-3-21)25-10-8-24-9-11-26(19-27(24)18-25)30(35)32-29-12-4-22(5-13-29)20-31-28(14-16-33)15-17-34;/h2-13,18-19,28,31,33-34H,14-17,20H2,1H3,(H,32,35);1H. The molecule has 0 aliphatic rings. The van der Waals surface area contributed by atoms with Crippen LogP contribution in [-0.2, 0) is 6.54 Å². The van der Waals surface area contributed by atoms with Crippen LogP contribution in [0.5, 0.6) is 0 Å². The Morgan fingerprint density at radius 2 is 1.42 bits per heavy atom. The van der Waals surface area contributed by atoms with E-state index in [1.807, 2.05) is 42.5 Å². The monoisotopic (exact) mass is 596 g/mol. The van der Waals surface area contributed by atoms with Crippen LogP contribution < -0.4 is 10.6 Å². The predicted molar refractivity (Wildman–Crippen MR) is 158 cm³/mol. The van der Waals surface area contributed by atoms with Gasteiger partial charge >= 0.3 is 0 Å². The molecule has 0 unspecified atom stereocenters. The van der Waals surface area contributed by atoms with E-state index >= 15 is 0 Å². The Morgan fingerprint density at radius 3 is 2.08 bits per heavy atom. The van der Waals surface area contributed by atoms with E-state index in [4.69, 9.17) is 10.2 Å². The Hall–Kier alpha value is -2.78. The molecule has 4 aromatic rings. The first kappa shape index (κ1) is 27.8. The number of amides is 1. The van der Waals surface area contributed by atoms with Crippen molar-refractivity contribution in [2.24, 2.45) is 0 Å². The summed E-state index contributed by atoms with van der Waals surface area (Å²) in [6, 6.07) is 28.3. The highest BCUT2D eigenvalue weighted by atomic mass is 127. The quantitative estimate of drug-likeness (QED) is 0.172. The molecule has 5 nitrogen and oxygen atoms in total. The summed E-state index contributed by atoms with van der Waals surface area (Å²) in [5.74, 6) is -0.149. The molecule has 4 N–H and O–H groups in total. The number of aliphatic hydroxyl groups is 2. The Kier molecular flexibility index (Phi) is 10.4. The second kappa shape index (κ2) is 13.5. The molecule has 0 fully saturated rings. The third-order valence-corrected chi connectivity index (χ3v) is 6.25. The first-order chi connectivity index (χ1) is 17.1. The van der Waals surface area contributed by atoms with Gasteiger partial charge in [-0.2, -0.15) is 0 Å². The van der Waals surface area contributed by atoms with Crippen molar-refractivity contribution in [1.29, 1.82) is 0 Å². The van der Waals surface area contributed by atoms with Gasteiger partial charge in [0.05, 0.1) is 0 Å². The molecule has 0 aromatic heterocycles. The number of aryl methyl sites for hydroxylation is 1. The summed E-state index contributed by atoms with van der Waals surface area (Å²) < 4.78 is 0. The van der Waals surface area contributed by atoms with E-state index in [9.17, 15) is 4.79 Å². The van der Waals surface area contributed by atoms with Crippen molar-refractivity contribution in [2.75, 3.05) is 18.5 Å². The lowest BCUT2D eigenvalue weighted by molar-refractivity contribution is 0.102. The van der Waals surface area contributed by atoms with Crippen LogP contribution in [0.15, 0.2) is 84.9 Å². The van der Waals surface area contributed by atoms with Crippen LogP contribution in [0.25, 0.3) is 21.9 Å². The molecular formula is C30H33IN2O3. The SMILES string of the molecule is Cc1ccc(-c2ccc3ccc(C(=O)Nc4ccc(CNC(CCO)CCO)cc4)cc3c2)cc1.I. The highest BCUT2D eigenvalue weighted by Crippen LogP contribution is 2.26. The summed E-state index contributed by atoms with van der Waals surface area (Å²) in [5, 5.41) is 26.7. The lowest BCUT2D eigenvalue weighted by Gasteiger charge is -2.16. The van der Waals surface area contributed by atoms with Crippen LogP contribution >= 0.6 is 24.0 Å². The van der Waals surface area contributed by atoms with Gasteiger partial charge in [0.15, 0.2) is 0 Å². The molecule has 188 valence electrons. The van der Waals surface area contributed by atoms with E-state index in [0.29, 0.717) is 24.9 Å². The van der Waals surface area contributed by atoms with Gasteiger partial charge in [-0.25, -0.2) is 0 Å². The van der Waals surface area contributed by atoms with Crippen LogP contribution in [0.2, 0.25) is 0 Å². The maximum atomic E-state index is 12.9. The summed E-state index contributed by atoms with van der Waals surface area (Å²) in [5.41, 5.74) is 5.92. The van der Waals surface area contributed by atoms with Gasteiger partial charge in [-0.3, -0.25) is 4.79 Å². The molecule has 0 heterocycles. The van der Waals surface area contributed by atoms with Gasteiger partial charge in [0.1, 0.15) is 0 Å². The molecular weight excluding hydrogens is 563 g/mol. The van der Waals surface area contributed by atoms with Crippen molar-refractivity contribution in [2.45, 2.75) is 32.4 Å². The van der Waals surface area contributed by atoms with Crippen LogP contribution in [0.3, 0.4) is 0 Å². The highest BCUT2D eigenvalue weighted by molar-refractivity contribution is 14.0. The van der Waals surface area contributed by atoms with Crippen LogP contribution in [0.4, 0.5) is 5.69 Å². The summed E-state index contributed by atoms with van der Waals surface area (Å²) in [7, 11) is 0. The Balaban J connectivity index is 0.00000361. The minimum absolute atomic E-state index is 0. The van der Waals surface area contributed by atoms with Crippen LogP contribution in [0, 0.1) is 6.92 Å². The third kappa shape index (κ3) is 7.36. The van der Waals surface area contributed by atoms with Gasteiger partial charge in [-0.15, -0.1) is 24.0 Å². The molecule has 0 radical (unpaired) electrons. The van der Waals surface area contributed by atoms with E-state index in [-0.39, 0.29) is 49.1 Å². The zero-order chi connectivity index (χ0) is 24.6. The summed E-state index contributed by atoms with van der Waals surface area (Å²) in [6.07, 6.45) is 1.21. The number of fused-ring (bicyclic) bond motifs is 1. The normalized spacial score (nSPS) is 10.9. The highest BCUT2D eigenvalue weighted by Gasteiger charge is 2.10. The second-order valence-electron chi connectivity index (χ2n) is 8.90. The maximum Gasteiger partial charge on any atom is 0.255 e. The number of benzene rings is 4. The number of anilines is 1. The fourth-order valence-electron chi connectivity index (χ4n) is 4.15. The maximum absolute atomic E-state index is 12.9. The molecule has 0 aliphatic heterocycles. The largest absolute Gasteiger partial charge is 0.396 e. The van der Waals surface area contributed by atoms with E-state index in [0.717, 1.165) is 33.2 Å². The molecule has 0 saturated carbocycles. The number of hydrogen-bond donors (Lipinski definition) is 4. The Bertz CT molecular complexity index is 1270. The number of rotatable bonds is 10. The summed E-state index contributed by atoms with van der Waals surface area (Å²) in [6.45, 7) is 2.88. The van der Waals surface area contributed by atoms with Gasteiger partial charge in [-0.05, 0) is 77.6 Å². The molecule has 0 saturated heterocycles. The molecule has 4 aromatic carbocycles. The average molecular weight is 597 g/mol. The van der Waals surface area contributed by atoms with Gasteiger partial charge in [0.25, 0.3) is 5.91 Å². The molecule has 1 amide bonds. The zero-order valence-electron chi connectivity index (χ0n) is 20.4. The number of nitrogens with one attached hydrogen (secondary N) is 2. The van der Waals surface area contributed by atoms with Crippen LogP contribution in [-0.4, -0.2) is 35.4 Å². The van der Waals surface area contributed by atoms with Crippen molar-refractivity contribution in [3.8, 4) is 11.1 Å². The molecule has 0 spiro atoms. The number of carbonyl (C=O) groups excluding carboxylic acids is 1. The van der Waals surface area contributed by atoms with Crippen molar-refractivity contribution < 1.29 is 15.0 Å². The lowest BCUT2D eigenvalue weighted by Crippen LogP contribution is -2.30. The molecule has 0 bridgehead atoms. The van der Waals surface area contributed by atoms with Crippen molar-refractivity contribution in [3.05, 3.63) is 102 Å². The Morgan fingerprint density at radius 1 is 0.778 bits per heavy atom. The molecule has 0 atom stereocenters. The smallest absolute Gasteiger partial charge is 0.255 e. The van der Waals surface area contributed by atoms with Crippen LogP contribution in [0.1, 0.15) is 34.3 Å². The summed E-state index contributed by atoms with van der Waals surface area (Å²) >= 11 is 0. The van der Waals surface area contributed by atoms with Gasteiger partial charge in [0.2, 0.25) is 0 Å². The number of carbonyl (C=O) groups is 1. The Labute approximate surface area is 229 Å². The van der Waals surface area contributed by atoms with E-state index in [1.54, 1.807) is 0 Å². The zero-order valence-corrected chi connectivity index (χ0v) is 22.7. The van der Waals surface area contributed by atoms with Crippen molar-refractivity contribution in [3.63, 3.8) is 0 Å². The lowest BCUT2D eigenvalue weighted by atomic mass is 9.99. The first-order valence-corrected chi connectivity index (χ1v) is 12.0. The van der Waals surface area contributed by atoms with E-state index < -0.39 is 0 Å².